The smallest absolute Gasteiger partial charge is 0.237 e. The van der Waals surface area contributed by atoms with Crippen LogP contribution in [0.4, 0.5) is 0 Å². The van der Waals surface area contributed by atoms with E-state index in [0.717, 1.165) is 25.0 Å². The Morgan fingerprint density at radius 1 is 0.960 bits per heavy atom. The van der Waals surface area contributed by atoms with E-state index in [1.807, 2.05) is 0 Å². The van der Waals surface area contributed by atoms with Crippen LogP contribution >= 0.6 is 22.2 Å². The topological polar surface area (TPSA) is 9.23 Å². The summed E-state index contributed by atoms with van der Waals surface area (Å²) in [6.07, 6.45) is 12.9. The second kappa shape index (κ2) is 12.4. The molecule has 0 atom stereocenters. The lowest BCUT2D eigenvalue weighted by Crippen LogP contribution is -2.21. The average Bonchev–Trinajstić information content (AvgIpc) is 2.63. The molecular formula is C21H34Cl2OSi. The fraction of sp³-hybridized carbons (Fsp3) is 0.714. The van der Waals surface area contributed by atoms with Crippen molar-refractivity contribution in [2.24, 2.45) is 0 Å². The largest absolute Gasteiger partial charge is 0.378 e. The van der Waals surface area contributed by atoms with E-state index in [1.54, 1.807) is 0 Å². The van der Waals surface area contributed by atoms with Crippen LogP contribution in [-0.2, 0) is 11.2 Å². The third-order valence-electron chi connectivity index (χ3n) is 5.36. The number of benzene rings is 1. The van der Waals surface area contributed by atoms with E-state index in [4.69, 9.17) is 26.9 Å². The van der Waals surface area contributed by atoms with Gasteiger partial charge >= 0.3 is 0 Å². The van der Waals surface area contributed by atoms with E-state index in [1.165, 1.54) is 68.9 Å². The van der Waals surface area contributed by atoms with Crippen LogP contribution in [0.2, 0.25) is 6.04 Å². The third-order valence-corrected chi connectivity index (χ3v) is 7.52. The summed E-state index contributed by atoms with van der Waals surface area (Å²) in [7, 11) is -1.45. The number of rotatable bonds is 11. The van der Waals surface area contributed by atoms with E-state index in [9.17, 15) is 0 Å². The zero-order valence-corrected chi connectivity index (χ0v) is 18.4. The van der Waals surface area contributed by atoms with E-state index < -0.39 is 7.42 Å². The molecule has 1 nitrogen and oxygen atoms in total. The van der Waals surface area contributed by atoms with Gasteiger partial charge in [0, 0.05) is 6.61 Å². The molecule has 0 aromatic heterocycles. The van der Waals surface area contributed by atoms with Crippen LogP contribution in [0.3, 0.4) is 0 Å². The molecule has 0 N–H and O–H groups in total. The quantitative estimate of drug-likeness (QED) is 0.222. The van der Waals surface area contributed by atoms with Crippen LogP contribution in [0.25, 0.3) is 0 Å². The van der Waals surface area contributed by atoms with Crippen LogP contribution in [0.15, 0.2) is 24.3 Å². The van der Waals surface area contributed by atoms with Gasteiger partial charge in [0.25, 0.3) is 0 Å². The summed E-state index contributed by atoms with van der Waals surface area (Å²) in [5.41, 5.74) is 3.02. The van der Waals surface area contributed by atoms with Crippen molar-refractivity contribution in [3.05, 3.63) is 35.4 Å². The summed E-state index contributed by atoms with van der Waals surface area (Å²) in [5.74, 6) is 0.719. The highest BCUT2D eigenvalue weighted by Gasteiger charge is 2.22. The number of hydrogen-bond donors (Lipinski definition) is 0. The third kappa shape index (κ3) is 8.47. The molecule has 0 unspecified atom stereocenters. The van der Waals surface area contributed by atoms with Gasteiger partial charge in [-0.05, 0) is 68.0 Å². The molecule has 25 heavy (non-hydrogen) atoms. The van der Waals surface area contributed by atoms with E-state index in [0.29, 0.717) is 6.10 Å². The summed E-state index contributed by atoms with van der Waals surface area (Å²) < 4.78 is 6.01. The van der Waals surface area contributed by atoms with Crippen molar-refractivity contribution in [2.75, 3.05) is 6.61 Å². The molecule has 2 rings (SSSR count). The van der Waals surface area contributed by atoms with Crippen LogP contribution in [0.1, 0.15) is 81.8 Å². The molecule has 142 valence electrons. The van der Waals surface area contributed by atoms with Gasteiger partial charge in [0.15, 0.2) is 0 Å². The standard InChI is InChI=1S/C21H34Cl2OSi/c1-2-3-4-5-7-18-8-10-19(11-9-18)20-12-14-21(15-13-20)24-16-6-17-25(22)23/h8-11,20-21,25H,2-7,12-17H2,1H3/t20-,21-. The summed E-state index contributed by atoms with van der Waals surface area (Å²) in [6.45, 7) is 3.09. The van der Waals surface area contributed by atoms with Crippen molar-refractivity contribution in [3.8, 4) is 0 Å². The van der Waals surface area contributed by atoms with Crippen LogP contribution in [-0.4, -0.2) is 20.1 Å². The molecule has 1 fully saturated rings. The molecule has 1 saturated carbocycles. The summed E-state index contributed by atoms with van der Waals surface area (Å²) >= 11 is 11.8. The average molecular weight is 401 g/mol. The molecule has 1 aliphatic carbocycles. The number of hydrogen-bond acceptors (Lipinski definition) is 1. The molecule has 0 aliphatic heterocycles. The lowest BCUT2D eigenvalue weighted by molar-refractivity contribution is 0.0251. The predicted molar refractivity (Wildman–Crippen MR) is 114 cm³/mol. The van der Waals surface area contributed by atoms with Crippen molar-refractivity contribution in [3.63, 3.8) is 0 Å². The minimum atomic E-state index is -1.45. The van der Waals surface area contributed by atoms with Crippen LogP contribution in [0.5, 0.6) is 0 Å². The first-order chi connectivity index (χ1) is 12.2. The van der Waals surface area contributed by atoms with Gasteiger partial charge in [-0.25, -0.2) is 0 Å². The van der Waals surface area contributed by atoms with Crippen molar-refractivity contribution in [1.29, 1.82) is 0 Å². The van der Waals surface area contributed by atoms with Gasteiger partial charge < -0.3 is 4.74 Å². The molecule has 0 radical (unpaired) electrons. The maximum atomic E-state index is 6.01. The van der Waals surface area contributed by atoms with Gasteiger partial charge in [-0.2, -0.15) is 22.2 Å². The zero-order chi connectivity index (χ0) is 17.9. The normalized spacial score (nSPS) is 21.0. The highest BCUT2D eigenvalue weighted by atomic mass is 35.7. The maximum Gasteiger partial charge on any atom is 0.237 e. The van der Waals surface area contributed by atoms with E-state index in [2.05, 4.69) is 31.2 Å². The van der Waals surface area contributed by atoms with Gasteiger partial charge in [0.05, 0.1) is 6.10 Å². The molecule has 1 aromatic rings. The Balaban J connectivity index is 1.66. The molecule has 0 heterocycles. The van der Waals surface area contributed by atoms with Crippen LogP contribution in [0, 0.1) is 0 Å². The molecule has 0 amide bonds. The molecule has 1 aromatic carbocycles. The highest BCUT2D eigenvalue weighted by Crippen LogP contribution is 2.34. The molecule has 4 heteroatoms. The number of aryl methyl sites for hydroxylation is 1. The number of unbranched alkanes of at least 4 members (excludes halogenated alkanes) is 3. The highest BCUT2D eigenvalue weighted by molar-refractivity contribution is 7.33. The second-order valence-electron chi connectivity index (χ2n) is 7.43. The van der Waals surface area contributed by atoms with Crippen molar-refractivity contribution >= 4 is 29.6 Å². The SMILES string of the molecule is CCCCCCc1ccc([C@H]2CC[C@H](OCCC[SiH](Cl)Cl)CC2)cc1. The minimum absolute atomic E-state index is 0.444. The van der Waals surface area contributed by atoms with Gasteiger partial charge in [-0.1, -0.05) is 50.5 Å². The number of ether oxygens (including phenoxy) is 1. The van der Waals surface area contributed by atoms with Crippen molar-refractivity contribution in [1.82, 2.24) is 0 Å². The van der Waals surface area contributed by atoms with Crippen molar-refractivity contribution < 1.29 is 4.74 Å². The Morgan fingerprint density at radius 2 is 1.68 bits per heavy atom. The molecule has 0 bridgehead atoms. The Morgan fingerprint density at radius 3 is 2.32 bits per heavy atom. The Bertz CT molecular complexity index is 455. The Kier molecular flexibility index (Phi) is 10.5. The van der Waals surface area contributed by atoms with Gasteiger partial charge in [-0.15, -0.1) is 0 Å². The van der Waals surface area contributed by atoms with E-state index >= 15 is 0 Å². The summed E-state index contributed by atoms with van der Waals surface area (Å²) in [5, 5.41) is 0. The maximum absolute atomic E-state index is 6.01. The molecule has 0 spiro atoms. The molecule has 1 aliphatic rings. The molecular weight excluding hydrogens is 367 g/mol. The summed E-state index contributed by atoms with van der Waals surface area (Å²) in [6, 6.07) is 10.4. The first kappa shape index (κ1) is 21.3. The van der Waals surface area contributed by atoms with Gasteiger partial charge in [0.2, 0.25) is 7.42 Å². The Hall–Kier alpha value is -0.0231. The van der Waals surface area contributed by atoms with Crippen LogP contribution < -0.4 is 0 Å². The minimum Gasteiger partial charge on any atom is -0.378 e. The lowest BCUT2D eigenvalue weighted by Gasteiger charge is -2.29. The van der Waals surface area contributed by atoms with Gasteiger partial charge in [0.1, 0.15) is 0 Å². The van der Waals surface area contributed by atoms with E-state index in [-0.39, 0.29) is 0 Å². The first-order valence-corrected chi connectivity index (χ1v) is 14.5. The molecule has 0 saturated heterocycles. The zero-order valence-electron chi connectivity index (χ0n) is 15.7. The fourth-order valence-electron chi connectivity index (χ4n) is 3.76. The second-order valence-corrected chi connectivity index (χ2v) is 12.6. The number of halogens is 2. The summed E-state index contributed by atoms with van der Waals surface area (Å²) in [4.78, 5) is 0. The van der Waals surface area contributed by atoms with Crippen molar-refractivity contribution in [2.45, 2.75) is 89.2 Å². The monoisotopic (exact) mass is 400 g/mol. The van der Waals surface area contributed by atoms with Gasteiger partial charge in [-0.3, -0.25) is 0 Å². The lowest BCUT2D eigenvalue weighted by atomic mass is 9.82. The Labute approximate surface area is 165 Å². The fourth-order valence-corrected chi connectivity index (χ4v) is 5.16. The first-order valence-electron chi connectivity index (χ1n) is 10.2. The predicted octanol–water partition coefficient (Wildman–Crippen LogP) is 6.94.